The lowest BCUT2D eigenvalue weighted by Gasteiger charge is -2.35. The summed E-state index contributed by atoms with van der Waals surface area (Å²) >= 11 is 0. The monoisotopic (exact) mass is 264 g/mol. The Labute approximate surface area is 111 Å². The molecule has 1 aromatic carbocycles. The Kier molecular flexibility index (Phi) is 3.71. The number of carbonyl (C=O) groups is 2. The number of nitrogens with zero attached hydrogens (tertiary/aromatic N) is 2. The maximum atomic E-state index is 12.1. The molecular weight excluding hydrogens is 248 g/mol. The second kappa shape index (κ2) is 5.27. The van der Waals surface area contributed by atoms with E-state index in [0.29, 0.717) is 6.42 Å². The van der Waals surface area contributed by atoms with Crippen molar-refractivity contribution in [1.82, 2.24) is 9.96 Å². The van der Waals surface area contributed by atoms with Gasteiger partial charge in [-0.15, -0.1) is 0 Å². The number of hydrogen-bond acceptors (Lipinski definition) is 3. The first kappa shape index (κ1) is 13.4. The number of benzene rings is 1. The quantitative estimate of drug-likeness (QED) is 0.812. The number of likely N-dealkylation sites (N-methyl/N-ethyl adjacent to an activating group) is 1. The lowest BCUT2D eigenvalue weighted by Crippen LogP contribution is -2.52. The van der Waals surface area contributed by atoms with Crippen LogP contribution in [0.2, 0.25) is 0 Å². The topological polar surface area (TPSA) is 70.1 Å². The summed E-state index contributed by atoms with van der Waals surface area (Å²) in [5.41, 5.74) is 1.94. The van der Waals surface area contributed by atoms with Crippen molar-refractivity contribution >= 4 is 12.0 Å². The van der Waals surface area contributed by atoms with Crippen molar-refractivity contribution in [1.29, 1.82) is 0 Å². The van der Waals surface area contributed by atoms with Gasteiger partial charge in [-0.1, -0.05) is 24.3 Å². The van der Waals surface area contributed by atoms with Crippen molar-refractivity contribution in [2.24, 2.45) is 0 Å². The molecule has 6 heteroatoms. The van der Waals surface area contributed by atoms with Gasteiger partial charge in [0.1, 0.15) is 6.04 Å². The molecule has 1 aliphatic rings. The first-order chi connectivity index (χ1) is 9.04. The first-order valence-corrected chi connectivity index (χ1v) is 5.92. The van der Waals surface area contributed by atoms with Crippen molar-refractivity contribution in [3.05, 3.63) is 35.4 Å². The summed E-state index contributed by atoms with van der Waals surface area (Å²) in [5, 5.41) is 10.3. The van der Waals surface area contributed by atoms with E-state index in [0.717, 1.165) is 21.1 Å². The zero-order valence-corrected chi connectivity index (χ0v) is 10.9. The first-order valence-electron chi connectivity index (χ1n) is 5.92. The highest BCUT2D eigenvalue weighted by molar-refractivity contribution is 5.85. The van der Waals surface area contributed by atoms with Crippen LogP contribution in [0, 0.1) is 0 Å². The minimum Gasteiger partial charge on any atom is -0.465 e. The van der Waals surface area contributed by atoms with E-state index in [1.807, 2.05) is 24.3 Å². The molecule has 0 spiro atoms. The molecule has 0 fully saturated rings. The fourth-order valence-corrected chi connectivity index (χ4v) is 2.24. The highest BCUT2D eigenvalue weighted by Crippen LogP contribution is 2.24. The molecule has 2 amide bonds. The number of hydrogen-bond donors (Lipinski definition) is 1. The molecule has 0 saturated heterocycles. The van der Waals surface area contributed by atoms with Crippen LogP contribution in [0.5, 0.6) is 0 Å². The van der Waals surface area contributed by atoms with Crippen LogP contribution in [0.15, 0.2) is 24.3 Å². The lowest BCUT2D eigenvalue weighted by atomic mass is 9.94. The molecular formula is C13H16N2O4. The fourth-order valence-electron chi connectivity index (χ4n) is 2.24. The van der Waals surface area contributed by atoms with Gasteiger partial charge in [-0.3, -0.25) is 14.5 Å². The molecule has 1 aromatic rings. The number of amides is 2. The van der Waals surface area contributed by atoms with Gasteiger partial charge in [0.2, 0.25) is 0 Å². The van der Waals surface area contributed by atoms with E-state index >= 15 is 0 Å². The standard InChI is InChI=1S/C13H16N2O4/c1-14(19-2)12(16)11-7-9-5-3-4-6-10(9)8-15(11)13(17)18/h3-6,11H,7-8H2,1-2H3,(H,17,18). The summed E-state index contributed by atoms with van der Waals surface area (Å²) in [4.78, 5) is 29.5. The maximum absolute atomic E-state index is 12.1. The molecule has 0 aliphatic carbocycles. The summed E-state index contributed by atoms with van der Waals surface area (Å²) in [7, 11) is 2.85. The Balaban J connectivity index is 2.31. The SMILES string of the molecule is CON(C)C(=O)C1Cc2ccccc2CN1C(=O)O. The molecule has 0 saturated carbocycles. The second-order valence-electron chi connectivity index (χ2n) is 4.42. The highest BCUT2D eigenvalue weighted by Gasteiger charge is 2.36. The van der Waals surface area contributed by atoms with Crippen molar-refractivity contribution in [2.45, 2.75) is 19.0 Å². The van der Waals surface area contributed by atoms with Crippen molar-refractivity contribution in [3.8, 4) is 0 Å². The van der Waals surface area contributed by atoms with Crippen molar-refractivity contribution in [3.63, 3.8) is 0 Å². The van der Waals surface area contributed by atoms with Crippen LogP contribution in [-0.2, 0) is 22.6 Å². The van der Waals surface area contributed by atoms with Gasteiger partial charge in [-0.25, -0.2) is 9.86 Å². The van der Waals surface area contributed by atoms with Crippen LogP contribution >= 0.6 is 0 Å². The number of carboxylic acid groups (broad SMARTS) is 1. The molecule has 0 aromatic heterocycles. The largest absolute Gasteiger partial charge is 0.465 e. The molecule has 102 valence electrons. The van der Waals surface area contributed by atoms with Gasteiger partial charge in [0.15, 0.2) is 0 Å². The van der Waals surface area contributed by atoms with Gasteiger partial charge in [0, 0.05) is 13.5 Å². The van der Waals surface area contributed by atoms with E-state index in [9.17, 15) is 14.7 Å². The Bertz CT molecular complexity index is 503. The molecule has 0 radical (unpaired) electrons. The van der Waals surface area contributed by atoms with Gasteiger partial charge >= 0.3 is 6.09 Å². The summed E-state index contributed by atoms with van der Waals surface area (Å²) in [6.45, 7) is 0.222. The van der Waals surface area contributed by atoms with Crippen LogP contribution < -0.4 is 0 Å². The normalized spacial score (nSPS) is 17.8. The van der Waals surface area contributed by atoms with Crippen LogP contribution in [0.4, 0.5) is 4.79 Å². The molecule has 1 heterocycles. The minimum absolute atomic E-state index is 0.222. The van der Waals surface area contributed by atoms with Gasteiger partial charge in [0.25, 0.3) is 5.91 Å². The zero-order chi connectivity index (χ0) is 14.0. The predicted octanol–water partition coefficient (Wildman–Crippen LogP) is 1.11. The van der Waals surface area contributed by atoms with Crippen LogP contribution in [0.1, 0.15) is 11.1 Å². The number of hydroxylamine groups is 2. The van der Waals surface area contributed by atoms with Gasteiger partial charge in [-0.2, -0.15) is 0 Å². The van der Waals surface area contributed by atoms with Gasteiger partial charge in [0.05, 0.1) is 13.7 Å². The predicted molar refractivity (Wildman–Crippen MR) is 67.3 cm³/mol. The number of carbonyl (C=O) groups excluding carboxylic acids is 1. The minimum atomic E-state index is -1.10. The Morgan fingerprint density at radius 3 is 2.58 bits per heavy atom. The molecule has 2 rings (SSSR count). The smallest absolute Gasteiger partial charge is 0.408 e. The lowest BCUT2D eigenvalue weighted by molar-refractivity contribution is -0.174. The summed E-state index contributed by atoms with van der Waals surface area (Å²) in [5.74, 6) is -0.362. The molecule has 1 unspecified atom stereocenters. The van der Waals surface area contributed by atoms with Gasteiger partial charge in [-0.05, 0) is 11.1 Å². The Morgan fingerprint density at radius 1 is 1.37 bits per heavy atom. The maximum Gasteiger partial charge on any atom is 0.408 e. The van der Waals surface area contributed by atoms with Crippen LogP contribution in [0.25, 0.3) is 0 Å². The average molecular weight is 264 g/mol. The molecule has 19 heavy (non-hydrogen) atoms. The number of fused-ring (bicyclic) bond motifs is 1. The van der Waals surface area contributed by atoms with E-state index in [-0.39, 0.29) is 12.5 Å². The fraction of sp³-hybridized carbons (Fsp3) is 0.385. The van der Waals surface area contributed by atoms with Crippen LogP contribution in [0.3, 0.4) is 0 Å². The third-order valence-electron chi connectivity index (χ3n) is 3.36. The Hall–Kier alpha value is -2.08. The van der Waals surface area contributed by atoms with Crippen LogP contribution in [-0.4, -0.2) is 47.3 Å². The summed E-state index contributed by atoms with van der Waals surface area (Å²) < 4.78 is 0. The molecule has 1 N–H and O–H groups in total. The van der Waals surface area contributed by atoms with Crippen molar-refractivity contribution < 1.29 is 19.5 Å². The molecule has 6 nitrogen and oxygen atoms in total. The van der Waals surface area contributed by atoms with E-state index in [4.69, 9.17) is 4.84 Å². The summed E-state index contributed by atoms with van der Waals surface area (Å²) in [6, 6.07) is 6.81. The van der Waals surface area contributed by atoms with E-state index in [2.05, 4.69) is 0 Å². The van der Waals surface area contributed by atoms with E-state index < -0.39 is 12.1 Å². The molecule has 1 aliphatic heterocycles. The Morgan fingerprint density at radius 2 is 2.00 bits per heavy atom. The molecule has 1 atom stereocenters. The second-order valence-corrected chi connectivity index (χ2v) is 4.42. The van der Waals surface area contributed by atoms with Gasteiger partial charge < -0.3 is 5.11 Å². The van der Waals surface area contributed by atoms with E-state index in [1.54, 1.807) is 0 Å². The zero-order valence-electron chi connectivity index (χ0n) is 10.9. The van der Waals surface area contributed by atoms with Crippen molar-refractivity contribution in [2.75, 3.05) is 14.2 Å². The highest BCUT2D eigenvalue weighted by atomic mass is 16.7. The molecule has 0 bridgehead atoms. The third-order valence-corrected chi connectivity index (χ3v) is 3.36. The third kappa shape index (κ3) is 2.53. The summed E-state index contributed by atoms with van der Waals surface area (Å²) in [6.07, 6.45) is -0.730. The number of rotatable bonds is 2. The average Bonchev–Trinajstić information content (AvgIpc) is 2.44. The van der Waals surface area contributed by atoms with E-state index in [1.165, 1.54) is 14.2 Å².